The lowest BCUT2D eigenvalue weighted by atomic mass is 10.2. The molecule has 3 aliphatic rings. The van der Waals surface area contributed by atoms with E-state index >= 15 is 0 Å². The van der Waals surface area contributed by atoms with E-state index in [2.05, 4.69) is 80.7 Å². The van der Waals surface area contributed by atoms with E-state index < -0.39 is 0 Å². The van der Waals surface area contributed by atoms with Crippen molar-refractivity contribution in [1.29, 1.82) is 0 Å². The Morgan fingerprint density at radius 2 is 1.17 bits per heavy atom. The molecule has 116 valence electrons. The molecule has 24 heavy (non-hydrogen) atoms. The molecule has 4 nitrogen and oxygen atoms in total. The van der Waals surface area contributed by atoms with Crippen molar-refractivity contribution in [1.82, 2.24) is 9.97 Å². The molecule has 0 aromatic carbocycles. The Bertz CT molecular complexity index is 922. The number of allylic oxidation sites excluding steroid dienone is 4. The number of aromatic nitrogens is 2. The van der Waals surface area contributed by atoms with Crippen molar-refractivity contribution in [3.05, 3.63) is 82.7 Å². The number of hydrogen-bond acceptors (Lipinski definition) is 2. The molecule has 3 aliphatic heterocycles. The van der Waals surface area contributed by atoms with E-state index in [1.54, 1.807) is 0 Å². The predicted molar refractivity (Wildman–Crippen MR) is 98.1 cm³/mol. The summed E-state index contributed by atoms with van der Waals surface area (Å²) in [7, 11) is 0. The monoisotopic (exact) mass is 312 g/mol. The predicted octanol–water partition coefficient (Wildman–Crippen LogP) is 4.04. The zero-order valence-corrected chi connectivity index (χ0v) is 13.1. The summed E-state index contributed by atoms with van der Waals surface area (Å²) in [6, 6.07) is 8.45. The van der Waals surface area contributed by atoms with E-state index in [1.807, 2.05) is 0 Å². The Labute approximate surface area is 139 Å². The van der Waals surface area contributed by atoms with Gasteiger partial charge in [-0.25, -0.2) is 0 Å². The Hall–Kier alpha value is -3.14. The van der Waals surface area contributed by atoms with Crippen LogP contribution in [0.5, 0.6) is 0 Å². The molecule has 0 amide bonds. The number of nitrogens with one attached hydrogen (secondary N) is 2. The highest BCUT2D eigenvalue weighted by atomic mass is 14.8. The van der Waals surface area contributed by atoms with E-state index in [4.69, 9.17) is 0 Å². The lowest BCUT2D eigenvalue weighted by Crippen LogP contribution is -1.99. The highest BCUT2D eigenvalue weighted by Crippen LogP contribution is 2.21. The fraction of sp³-hybridized carbons (Fsp3) is 0.100. The van der Waals surface area contributed by atoms with Gasteiger partial charge in [-0.3, -0.25) is 9.98 Å². The fourth-order valence-corrected chi connectivity index (χ4v) is 3.20. The van der Waals surface area contributed by atoms with E-state index in [0.29, 0.717) is 0 Å². The van der Waals surface area contributed by atoms with Gasteiger partial charge in [0, 0.05) is 47.0 Å². The highest BCUT2D eigenvalue weighted by molar-refractivity contribution is 6.16. The molecule has 2 N–H and O–H groups in total. The van der Waals surface area contributed by atoms with Gasteiger partial charge < -0.3 is 9.97 Å². The minimum absolute atomic E-state index is 0.758. The van der Waals surface area contributed by atoms with Gasteiger partial charge in [0.05, 0.1) is 11.4 Å². The summed E-state index contributed by atoms with van der Waals surface area (Å²) in [6.07, 6.45) is 14.0. The van der Waals surface area contributed by atoms with Crippen molar-refractivity contribution in [3.63, 3.8) is 0 Å². The van der Waals surface area contributed by atoms with Crippen molar-refractivity contribution in [2.24, 2.45) is 9.98 Å². The topological polar surface area (TPSA) is 56.3 Å². The van der Waals surface area contributed by atoms with Crippen LogP contribution in [0.3, 0.4) is 0 Å². The van der Waals surface area contributed by atoms with Gasteiger partial charge in [0.1, 0.15) is 0 Å². The summed E-state index contributed by atoms with van der Waals surface area (Å²) >= 11 is 0. The first-order valence-corrected chi connectivity index (χ1v) is 8.11. The molecule has 0 aliphatic carbocycles. The molecule has 5 heterocycles. The average Bonchev–Trinajstić information content (AvgIpc) is 3.32. The van der Waals surface area contributed by atoms with Crippen LogP contribution in [0.25, 0.3) is 12.2 Å². The third-order valence-corrected chi connectivity index (χ3v) is 4.33. The molecule has 0 spiro atoms. The number of rotatable bonds is 0. The van der Waals surface area contributed by atoms with Crippen LogP contribution in [0.4, 0.5) is 0 Å². The molecule has 2 aromatic rings. The van der Waals surface area contributed by atoms with Crippen LogP contribution in [-0.2, 0) is 6.42 Å². The Balaban J connectivity index is 1.60. The molecule has 8 bridgehead atoms. The van der Waals surface area contributed by atoms with Crippen molar-refractivity contribution >= 4 is 23.6 Å². The SMILES string of the molecule is C1=CC2=NC1=Cc1ccc([nH]1)Cc1ccc([nH]1)/C=C1/C=CC(=N1)C2. The van der Waals surface area contributed by atoms with Gasteiger partial charge >= 0.3 is 0 Å². The van der Waals surface area contributed by atoms with Gasteiger partial charge in [-0.2, -0.15) is 0 Å². The first kappa shape index (κ1) is 13.3. The maximum absolute atomic E-state index is 4.69. The number of fused-ring (bicyclic) bond motifs is 6. The summed E-state index contributed by atoms with van der Waals surface area (Å²) < 4.78 is 0. The smallest absolute Gasteiger partial charge is 0.0654 e. The van der Waals surface area contributed by atoms with Gasteiger partial charge in [-0.1, -0.05) is 0 Å². The minimum Gasteiger partial charge on any atom is -0.359 e. The van der Waals surface area contributed by atoms with Crippen LogP contribution in [0.1, 0.15) is 29.2 Å². The van der Waals surface area contributed by atoms with E-state index in [-0.39, 0.29) is 0 Å². The van der Waals surface area contributed by atoms with Crippen LogP contribution in [0.2, 0.25) is 0 Å². The van der Waals surface area contributed by atoms with Gasteiger partial charge in [0.2, 0.25) is 0 Å². The highest BCUT2D eigenvalue weighted by Gasteiger charge is 2.12. The van der Waals surface area contributed by atoms with Crippen LogP contribution in [-0.4, -0.2) is 21.4 Å². The van der Waals surface area contributed by atoms with E-state index in [0.717, 1.165) is 47.0 Å². The normalized spacial score (nSPS) is 20.5. The van der Waals surface area contributed by atoms with Crippen LogP contribution >= 0.6 is 0 Å². The minimum atomic E-state index is 0.758. The van der Waals surface area contributed by atoms with Crippen molar-refractivity contribution < 1.29 is 0 Å². The molecule has 2 aromatic heterocycles. The Morgan fingerprint density at radius 1 is 0.625 bits per heavy atom. The molecule has 0 fully saturated rings. The third-order valence-electron chi connectivity index (χ3n) is 4.33. The molecule has 5 rings (SSSR count). The lowest BCUT2D eigenvalue weighted by Gasteiger charge is -1.98. The number of hydrogen-bond donors (Lipinski definition) is 2. The summed E-state index contributed by atoms with van der Waals surface area (Å²) in [6.45, 7) is 0. The number of aliphatic imine (C=N–C) groups is 2. The first-order valence-electron chi connectivity index (χ1n) is 8.11. The van der Waals surface area contributed by atoms with Gasteiger partial charge in [-0.15, -0.1) is 0 Å². The first-order chi connectivity index (χ1) is 11.8. The maximum Gasteiger partial charge on any atom is 0.0654 e. The van der Waals surface area contributed by atoms with Crippen molar-refractivity contribution in [2.45, 2.75) is 12.8 Å². The summed E-state index contributed by atoms with van der Waals surface area (Å²) in [4.78, 5) is 16.3. The molecule has 0 saturated carbocycles. The molecule has 0 saturated heterocycles. The van der Waals surface area contributed by atoms with Crippen molar-refractivity contribution in [2.75, 3.05) is 0 Å². The number of H-pyrrole nitrogens is 2. The maximum atomic E-state index is 4.69. The summed E-state index contributed by atoms with van der Waals surface area (Å²) in [5.74, 6) is 0. The summed E-state index contributed by atoms with van der Waals surface area (Å²) in [5, 5.41) is 0. The third kappa shape index (κ3) is 2.52. The Morgan fingerprint density at radius 3 is 1.71 bits per heavy atom. The zero-order valence-electron chi connectivity index (χ0n) is 13.1. The lowest BCUT2D eigenvalue weighted by molar-refractivity contribution is 1.05. The van der Waals surface area contributed by atoms with Gasteiger partial charge in [0.25, 0.3) is 0 Å². The standard InChI is InChI=1S/C20H16N4/c1-2-14-10-16-5-6-18(23-16)12-20-8-7-19(24-20)11-17-4-3-15(22-17)9-13(1)21-14/h1-9,12,21,23H,10-11H2/b15-9-,20-12?. The molecule has 0 atom stereocenters. The average molecular weight is 312 g/mol. The second-order valence-corrected chi connectivity index (χ2v) is 6.24. The largest absolute Gasteiger partial charge is 0.359 e. The summed E-state index contributed by atoms with van der Waals surface area (Å²) in [5.41, 5.74) is 8.57. The molecule has 0 unspecified atom stereocenters. The second kappa shape index (κ2) is 5.20. The molecular formula is C20H16N4. The number of aromatic amines is 2. The molecule has 0 radical (unpaired) electrons. The molecular weight excluding hydrogens is 296 g/mol. The zero-order chi connectivity index (χ0) is 15.9. The van der Waals surface area contributed by atoms with Crippen LogP contribution < -0.4 is 0 Å². The second-order valence-electron chi connectivity index (χ2n) is 6.24. The Kier molecular flexibility index (Phi) is 2.88. The van der Waals surface area contributed by atoms with E-state index in [9.17, 15) is 0 Å². The molecule has 4 heteroatoms. The van der Waals surface area contributed by atoms with Gasteiger partial charge in [-0.05, 0) is 60.7 Å². The quantitative estimate of drug-likeness (QED) is 0.738. The van der Waals surface area contributed by atoms with Crippen molar-refractivity contribution in [3.8, 4) is 0 Å². The van der Waals surface area contributed by atoms with E-state index in [1.165, 1.54) is 11.4 Å². The van der Waals surface area contributed by atoms with Crippen LogP contribution in [0.15, 0.2) is 69.9 Å². The van der Waals surface area contributed by atoms with Gasteiger partial charge in [0.15, 0.2) is 0 Å². The number of nitrogens with zero attached hydrogens (tertiary/aromatic N) is 2. The van der Waals surface area contributed by atoms with Crippen LogP contribution in [0, 0.1) is 0 Å². The fourth-order valence-electron chi connectivity index (χ4n) is 3.20.